The Hall–Kier alpha value is -3.27. The minimum Gasteiger partial charge on any atom is -0.467 e. The number of rotatable bonds is 6. The second kappa shape index (κ2) is 9.47. The highest BCUT2D eigenvalue weighted by Crippen LogP contribution is 2.30. The molecule has 13 heteroatoms. The Morgan fingerprint density at radius 1 is 1.28 bits per heavy atom. The third-order valence-corrected chi connectivity index (χ3v) is 4.89. The van der Waals surface area contributed by atoms with Crippen LogP contribution in [0.15, 0.2) is 4.79 Å². The van der Waals surface area contributed by atoms with E-state index in [9.17, 15) is 22.8 Å². The van der Waals surface area contributed by atoms with Gasteiger partial charge in [0, 0.05) is 32.6 Å². The number of hydrogen-bond acceptors (Lipinski definition) is 8. The quantitative estimate of drug-likeness (QED) is 0.508. The van der Waals surface area contributed by atoms with E-state index in [0.29, 0.717) is 32.0 Å². The van der Waals surface area contributed by atoms with E-state index in [1.165, 1.54) is 18.6 Å². The van der Waals surface area contributed by atoms with E-state index in [4.69, 9.17) is 4.74 Å². The fraction of sp³-hybridized carbons (Fsp3) is 0.579. The van der Waals surface area contributed by atoms with Crippen molar-refractivity contribution in [1.29, 1.82) is 0 Å². The van der Waals surface area contributed by atoms with Gasteiger partial charge in [-0.05, 0) is 6.92 Å². The molecular formula is C19H23F3N6O4. The number of alkyl halides is 3. The predicted octanol–water partition coefficient (Wildman–Crippen LogP) is 1.05. The van der Waals surface area contributed by atoms with Gasteiger partial charge < -0.3 is 19.7 Å². The van der Waals surface area contributed by atoms with Crippen LogP contribution < -0.4 is 20.6 Å². The zero-order chi connectivity index (χ0) is 23.5. The summed E-state index contributed by atoms with van der Waals surface area (Å²) in [5, 5.41) is 3.21. The lowest BCUT2D eigenvalue weighted by Crippen LogP contribution is -2.44. The van der Waals surface area contributed by atoms with Crippen LogP contribution in [-0.2, 0) is 16.1 Å². The van der Waals surface area contributed by atoms with Crippen LogP contribution in [0, 0.1) is 11.8 Å². The molecule has 0 saturated carbocycles. The first-order valence-electron chi connectivity index (χ1n) is 9.92. The van der Waals surface area contributed by atoms with Gasteiger partial charge in [0.2, 0.25) is 0 Å². The highest BCUT2D eigenvalue weighted by molar-refractivity contribution is 5.85. The molecule has 0 aliphatic carbocycles. The van der Waals surface area contributed by atoms with Crippen molar-refractivity contribution in [3.8, 4) is 17.9 Å². The summed E-state index contributed by atoms with van der Waals surface area (Å²) in [6.45, 7) is 5.55. The van der Waals surface area contributed by atoms with E-state index in [1.807, 2.05) is 4.90 Å². The van der Waals surface area contributed by atoms with Gasteiger partial charge in [-0.3, -0.25) is 4.57 Å². The van der Waals surface area contributed by atoms with Crippen LogP contribution in [0.1, 0.15) is 26.5 Å². The fourth-order valence-electron chi connectivity index (χ4n) is 3.40. The number of ether oxygens (including phenoxy) is 2. The van der Waals surface area contributed by atoms with Gasteiger partial charge in [-0.2, -0.15) is 23.1 Å². The van der Waals surface area contributed by atoms with E-state index in [-0.39, 0.29) is 30.1 Å². The number of fused-ring (bicyclic) bond motifs is 1. The summed E-state index contributed by atoms with van der Waals surface area (Å²) in [5.41, 5.74) is -0.444. The largest absolute Gasteiger partial charge is 0.491 e. The summed E-state index contributed by atoms with van der Waals surface area (Å²) in [6.07, 6.45) is -6.84. The van der Waals surface area contributed by atoms with Crippen molar-refractivity contribution in [2.75, 3.05) is 38.2 Å². The summed E-state index contributed by atoms with van der Waals surface area (Å²) < 4.78 is 50.5. The summed E-state index contributed by atoms with van der Waals surface area (Å²) in [4.78, 5) is 35.4. The van der Waals surface area contributed by atoms with Crippen LogP contribution in [0.25, 0.3) is 11.2 Å². The van der Waals surface area contributed by atoms with Crippen LogP contribution in [0.2, 0.25) is 0 Å². The molecule has 1 unspecified atom stereocenters. The molecule has 0 bridgehead atoms. The molecule has 10 nitrogen and oxygen atoms in total. The van der Waals surface area contributed by atoms with Crippen molar-refractivity contribution >= 4 is 23.0 Å². The minimum atomic E-state index is -5.21. The Bertz CT molecular complexity index is 1110. The maximum atomic E-state index is 13.3. The second-order valence-corrected chi connectivity index (χ2v) is 6.87. The predicted molar refractivity (Wildman–Crippen MR) is 108 cm³/mol. The minimum absolute atomic E-state index is 0.00453. The molecule has 1 N–H and O–H groups in total. The third kappa shape index (κ3) is 4.50. The smallest absolute Gasteiger partial charge is 0.467 e. The molecule has 1 fully saturated rings. The summed E-state index contributed by atoms with van der Waals surface area (Å²) in [5.74, 6) is 3.47. The average Bonchev–Trinajstić information content (AvgIpc) is 3.06. The van der Waals surface area contributed by atoms with Gasteiger partial charge in [0.15, 0.2) is 17.7 Å². The normalized spacial score (nSPS) is 15.2. The molecule has 2 aromatic rings. The molecule has 1 aliphatic heterocycles. The van der Waals surface area contributed by atoms with Crippen molar-refractivity contribution in [3.05, 3.63) is 10.5 Å². The number of nitrogens with one attached hydrogen (secondary N) is 1. The van der Waals surface area contributed by atoms with Crippen LogP contribution >= 0.6 is 0 Å². The molecule has 3 rings (SSSR count). The topological polar surface area (TPSA) is 104 Å². The van der Waals surface area contributed by atoms with E-state index in [2.05, 4.69) is 31.9 Å². The van der Waals surface area contributed by atoms with E-state index in [1.54, 1.807) is 6.92 Å². The van der Waals surface area contributed by atoms with Crippen molar-refractivity contribution in [2.45, 2.75) is 39.2 Å². The lowest BCUT2D eigenvalue weighted by Gasteiger charge is -2.29. The third-order valence-electron chi connectivity index (χ3n) is 4.89. The first kappa shape index (κ1) is 23.4. The average molecular weight is 456 g/mol. The van der Waals surface area contributed by atoms with Crippen LogP contribution in [0.3, 0.4) is 0 Å². The maximum absolute atomic E-state index is 13.3. The monoisotopic (exact) mass is 456 g/mol. The second-order valence-electron chi connectivity index (χ2n) is 6.87. The number of nitrogens with zero attached hydrogens (tertiary/aromatic N) is 5. The van der Waals surface area contributed by atoms with Gasteiger partial charge in [0.1, 0.15) is 5.52 Å². The molecule has 3 heterocycles. The molecule has 32 heavy (non-hydrogen) atoms. The van der Waals surface area contributed by atoms with Gasteiger partial charge in [-0.25, -0.2) is 14.2 Å². The number of imidazole rings is 1. The number of carbonyl (C=O) groups is 1. The summed E-state index contributed by atoms with van der Waals surface area (Å²) >= 11 is 0. The Morgan fingerprint density at radius 3 is 2.53 bits per heavy atom. The Morgan fingerprint density at radius 2 is 1.97 bits per heavy atom. The first-order valence-corrected chi connectivity index (χ1v) is 9.92. The molecule has 1 saturated heterocycles. The Balaban J connectivity index is 2.28. The Kier molecular flexibility index (Phi) is 6.93. The number of methoxy groups -OCH3 is 1. The molecule has 0 aromatic carbocycles. The molecular weight excluding hydrogens is 433 g/mol. The summed E-state index contributed by atoms with van der Waals surface area (Å²) in [6, 6.07) is -0.0736. The first-order chi connectivity index (χ1) is 15.2. The molecule has 1 aliphatic rings. The fourth-order valence-corrected chi connectivity index (χ4v) is 3.40. The molecule has 174 valence electrons. The van der Waals surface area contributed by atoms with Crippen molar-refractivity contribution in [2.24, 2.45) is 0 Å². The maximum Gasteiger partial charge on any atom is 0.491 e. The molecule has 2 aromatic heterocycles. The number of piperazine rings is 1. The van der Waals surface area contributed by atoms with Crippen molar-refractivity contribution in [3.63, 3.8) is 0 Å². The molecule has 0 radical (unpaired) electrons. The van der Waals surface area contributed by atoms with E-state index in [0.717, 1.165) is 4.57 Å². The van der Waals surface area contributed by atoms with Crippen LogP contribution in [0.4, 0.5) is 19.0 Å². The van der Waals surface area contributed by atoms with Crippen LogP contribution in [-0.4, -0.2) is 64.5 Å². The number of carbonyl (C=O) groups excluding carboxylic acids is 1. The summed E-state index contributed by atoms with van der Waals surface area (Å²) in [7, 11) is 1.34. The molecule has 0 spiro atoms. The van der Waals surface area contributed by atoms with Gasteiger partial charge in [0.25, 0.3) is 0 Å². The van der Waals surface area contributed by atoms with Gasteiger partial charge in [-0.15, -0.1) is 5.92 Å². The zero-order valence-corrected chi connectivity index (χ0v) is 17.8. The zero-order valence-electron chi connectivity index (χ0n) is 17.8. The number of anilines is 1. The number of aromatic nitrogens is 4. The lowest BCUT2D eigenvalue weighted by molar-refractivity contribution is -0.209. The SMILES string of the molecule is CC#CCn1c(=O)n(C(CC)OC(=O)C(F)(F)F)c2nc(OC)nc(N3CCNCC3)c21. The highest BCUT2D eigenvalue weighted by atomic mass is 19.4. The number of hydrogen-bond donors (Lipinski definition) is 1. The van der Waals surface area contributed by atoms with E-state index < -0.39 is 24.1 Å². The standard InChI is InChI=1S/C19H23F3N6O4/c1-4-6-9-27-13-14(26-10-7-23-8-11-26)24-17(31-3)25-15(13)28(18(27)30)12(5-2)32-16(29)19(20,21)22/h12,23H,5,7-11H2,1-3H3. The number of esters is 1. The van der Waals surface area contributed by atoms with Gasteiger partial charge in [0.05, 0.1) is 13.7 Å². The van der Waals surface area contributed by atoms with Gasteiger partial charge in [-0.1, -0.05) is 12.8 Å². The highest BCUT2D eigenvalue weighted by Gasteiger charge is 2.43. The molecule has 0 amide bonds. The van der Waals surface area contributed by atoms with Crippen LogP contribution in [0.5, 0.6) is 6.01 Å². The number of halogens is 3. The van der Waals surface area contributed by atoms with Crippen molar-refractivity contribution < 1.29 is 27.4 Å². The van der Waals surface area contributed by atoms with E-state index >= 15 is 0 Å². The lowest BCUT2D eigenvalue weighted by atomic mass is 10.3. The Labute approximate surface area is 181 Å². The van der Waals surface area contributed by atoms with Crippen molar-refractivity contribution in [1.82, 2.24) is 24.4 Å². The van der Waals surface area contributed by atoms with Gasteiger partial charge >= 0.3 is 23.8 Å². The molecule has 1 atom stereocenters.